The van der Waals surface area contributed by atoms with Crippen LogP contribution in [0.1, 0.15) is 40.2 Å². The molecule has 2 saturated heterocycles. The first-order valence-corrected chi connectivity index (χ1v) is 14.0. The van der Waals surface area contributed by atoms with Crippen molar-refractivity contribution < 1.29 is 28.2 Å². The van der Waals surface area contributed by atoms with E-state index < -0.39 is 23.6 Å². The minimum atomic E-state index is -1.06. The summed E-state index contributed by atoms with van der Waals surface area (Å²) in [6, 6.07) is 13.3. The first-order valence-electron chi connectivity index (χ1n) is 13.1. The lowest BCUT2D eigenvalue weighted by molar-refractivity contribution is -0.152. The highest BCUT2D eigenvalue weighted by Gasteiger charge is 2.52. The van der Waals surface area contributed by atoms with Gasteiger partial charge >= 0.3 is 0 Å². The predicted molar refractivity (Wildman–Crippen MR) is 151 cm³/mol. The van der Waals surface area contributed by atoms with E-state index in [9.17, 15) is 18.8 Å². The van der Waals surface area contributed by atoms with E-state index in [4.69, 9.17) is 20.6 Å². The SMILES string of the molecule is C[C@@H](NC(=O)[C@@H]1CC2(CN1C(=O)CNC(=O)c1ccc(-c3ccc(F)cc3)cc1)OCCO2)c1cc(C(=N)N)cs1. The maximum atomic E-state index is 13.4. The molecule has 2 atom stereocenters. The summed E-state index contributed by atoms with van der Waals surface area (Å²) in [7, 11) is 0. The topological polar surface area (TPSA) is 147 Å². The van der Waals surface area contributed by atoms with Crippen LogP contribution in [0.15, 0.2) is 60.0 Å². The van der Waals surface area contributed by atoms with Gasteiger partial charge in [-0.1, -0.05) is 24.3 Å². The Labute approximate surface area is 240 Å². The lowest BCUT2D eigenvalue weighted by Crippen LogP contribution is -2.49. The van der Waals surface area contributed by atoms with Gasteiger partial charge in [-0.25, -0.2) is 4.39 Å². The Kier molecular flexibility index (Phi) is 8.15. The van der Waals surface area contributed by atoms with Crippen LogP contribution in [0.2, 0.25) is 0 Å². The lowest BCUT2D eigenvalue weighted by atomic mass is 10.0. The first-order chi connectivity index (χ1) is 19.6. The number of ether oxygens (including phenoxy) is 2. The molecule has 0 bridgehead atoms. The highest BCUT2D eigenvalue weighted by Crippen LogP contribution is 2.35. The summed E-state index contributed by atoms with van der Waals surface area (Å²) >= 11 is 1.38. The molecule has 2 aliphatic heterocycles. The number of hydrogen-bond acceptors (Lipinski definition) is 7. The molecule has 0 unspecified atom stereocenters. The zero-order chi connectivity index (χ0) is 29.1. The normalized spacial score (nSPS) is 18.3. The van der Waals surface area contributed by atoms with E-state index >= 15 is 0 Å². The fourth-order valence-electron chi connectivity index (χ4n) is 4.96. The van der Waals surface area contributed by atoms with Crippen molar-refractivity contribution in [3.05, 3.63) is 81.8 Å². The molecule has 2 aromatic carbocycles. The molecule has 10 nitrogen and oxygen atoms in total. The van der Waals surface area contributed by atoms with Crippen molar-refractivity contribution in [1.29, 1.82) is 5.41 Å². The van der Waals surface area contributed by atoms with Crippen molar-refractivity contribution in [2.75, 3.05) is 26.3 Å². The smallest absolute Gasteiger partial charge is 0.251 e. The number of hydrogen-bond donors (Lipinski definition) is 4. The van der Waals surface area contributed by atoms with Gasteiger partial charge in [-0.2, -0.15) is 0 Å². The molecular weight excluding hydrogens is 549 g/mol. The van der Waals surface area contributed by atoms with Crippen molar-refractivity contribution in [2.45, 2.75) is 31.2 Å². The molecule has 0 saturated carbocycles. The second-order valence-corrected chi connectivity index (χ2v) is 10.9. The van der Waals surface area contributed by atoms with Crippen LogP contribution in [0.3, 0.4) is 0 Å². The molecule has 5 rings (SSSR count). The number of amides is 3. The van der Waals surface area contributed by atoms with E-state index in [1.165, 1.54) is 28.4 Å². The molecule has 1 spiro atoms. The Bertz CT molecular complexity index is 1450. The van der Waals surface area contributed by atoms with Crippen molar-refractivity contribution >= 4 is 34.9 Å². The van der Waals surface area contributed by atoms with Crippen LogP contribution in [0.25, 0.3) is 11.1 Å². The number of likely N-dealkylation sites (tertiary alicyclic amines) is 1. The second kappa shape index (κ2) is 11.8. The Morgan fingerprint density at radius 2 is 1.73 bits per heavy atom. The van der Waals surface area contributed by atoms with Crippen molar-refractivity contribution in [1.82, 2.24) is 15.5 Å². The first kappa shape index (κ1) is 28.4. The maximum Gasteiger partial charge on any atom is 0.251 e. The van der Waals surface area contributed by atoms with Crippen molar-refractivity contribution in [3.8, 4) is 11.1 Å². The molecular formula is C29H30FN5O5S. The number of thiophene rings is 1. The van der Waals surface area contributed by atoms with Crippen LogP contribution in [-0.2, 0) is 19.1 Å². The summed E-state index contributed by atoms with van der Waals surface area (Å²) in [5.41, 5.74) is 8.12. The monoisotopic (exact) mass is 579 g/mol. The van der Waals surface area contributed by atoms with Crippen molar-refractivity contribution in [2.24, 2.45) is 5.73 Å². The van der Waals surface area contributed by atoms with Gasteiger partial charge in [0.1, 0.15) is 17.7 Å². The summed E-state index contributed by atoms with van der Waals surface area (Å²) in [5.74, 6) is -2.71. The third-order valence-corrected chi connectivity index (χ3v) is 8.28. The Morgan fingerprint density at radius 1 is 1.10 bits per heavy atom. The van der Waals surface area contributed by atoms with E-state index in [1.54, 1.807) is 47.8 Å². The van der Waals surface area contributed by atoms with Crippen LogP contribution in [0, 0.1) is 11.2 Å². The highest BCUT2D eigenvalue weighted by molar-refractivity contribution is 7.10. The molecule has 41 heavy (non-hydrogen) atoms. The highest BCUT2D eigenvalue weighted by atomic mass is 32.1. The number of nitrogens with two attached hydrogens (primary N) is 1. The van der Waals surface area contributed by atoms with Gasteiger partial charge in [-0.3, -0.25) is 19.8 Å². The fourth-order valence-corrected chi connectivity index (χ4v) is 5.88. The number of nitrogens with one attached hydrogen (secondary N) is 3. The third-order valence-electron chi connectivity index (χ3n) is 7.17. The summed E-state index contributed by atoms with van der Waals surface area (Å²) in [6.07, 6.45) is 0.166. The molecule has 214 valence electrons. The standard InChI is InChI=1S/C29H30FN5O5S/c1-17(24-12-21(15-41-24)26(31)32)34-28(38)23-13-29(39-10-11-40-29)16-35(23)25(36)14-33-27(37)20-4-2-18(3-5-20)19-6-8-22(30)9-7-19/h2-9,12,15,17,23H,10-11,13-14,16H2,1H3,(H3,31,32)(H,33,37)(H,34,38)/t17-,23+/m1/s1. The van der Waals surface area contributed by atoms with Crippen LogP contribution < -0.4 is 16.4 Å². The number of halogens is 1. The summed E-state index contributed by atoms with van der Waals surface area (Å²) in [5, 5.41) is 14.9. The number of carbonyl (C=O) groups is 3. The predicted octanol–water partition coefficient (Wildman–Crippen LogP) is 2.79. The van der Waals surface area contributed by atoms with E-state index in [1.807, 2.05) is 6.92 Å². The summed E-state index contributed by atoms with van der Waals surface area (Å²) in [6.45, 7) is 2.28. The molecule has 2 aliphatic rings. The lowest BCUT2D eigenvalue weighted by Gasteiger charge is -2.25. The maximum absolute atomic E-state index is 13.4. The number of carbonyl (C=O) groups excluding carboxylic acids is 3. The van der Waals surface area contributed by atoms with Gasteiger partial charge in [0.15, 0.2) is 5.79 Å². The van der Waals surface area contributed by atoms with Gasteiger partial charge in [0.2, 0.25) is 11.8 Å². The van der Waals surface area contributed by atoms with E-state index in [0.717, 1.165) is 16.0 Å². The van der Waals surface area contributed by atoms with E-state index in [2.05, 4.69) is 10.6 Å². The van der Waals surface area contributed by atoms with E-state index in [-0.39, 0.29) is 43.1 Å². The average Bonchev–Trinajstić information content (AvgIpc) is 3.73. The molecule has 12 heteroatoms. The number of nitrogen functional groups attached to an aromatic ring is 1. The Hall–Kier alpha value is -4.13. The largest absolute Gasteiger partial charge is 0.384 e. The van der Waals surface area contributed by atoms with Gasteiger partial charge < -0.3 is 30.7 Å². The fraction of sp³-hybridized carbons (Fsp3) is 0.310. The summed E-state index contributed by atoms with van der Waals surface area (Å²) < 4.78 is 24.8. The van der Waals surface area contributed by atoms with Gasteiger partial charge in [0.25, 0.3) is 5.91 Å². The van der Waals surface area contributed by atoms with Crippen LogP contribution >= 0.6 is 11.3 Å². The average molecular weight is 580 g/mol. The minimum Gasteiger partial charge on any atom is -0.384 e. The number of nitrogens with zero attached hydrogens (tertiary/aromatic N) is 1. The Morgan fingerprint density at radius 3 is 2.34 bits per heavy atom. The molecule has 0 aliphatic carbocycles. The molecule has 3 heterocycles. The number of rotatable bonds is 8. The molecule has 5 N–H and O–H groups in total. The van der Waals surface area contributed by atoms with Crippen molar-refractivity contribution in [3.63, 3.8) is 0 Å². The Balaban J connectivity index is 1.22. The second-order valence-electron chi connectivity index (χ2n) is 10.00. The van der Waals surface area contributed by atoms with Gasteiger partial charge in [0.05, 0.1) is 32.3 Å². The molecule has 1 aromatic heterocycles. The van der Waals surface area contributed by atoms with Crippen LogP contribution in [0.5, 0.6) is 0 Å². The quantitative estimate of drug-likeness (QED) is 0.238. The molecule has 3 amide bonds. The third kappa shape index (κ3) is 6.29. The van der Waals surface area contributed by atoms with Gasteiger partial charge in [-0.15, -0.1) is 11.3 Å². The summed E-state index contributed by atoms with van der Waals surface area (Å²) in [4.78, 5) is 41.7. The number of benzene rings is 2. The van der Waals surface area contributed by atoms with Gasteiger partial charge in [0, 0.05) is 27.8 Å². The van der Waals surface area contributed by atoms with E-state index in [0.29, 0.717) is 24.3 Å². The molecule has 3 aromatic rings. The molecule has 0 radical (unpaired) electrons. The molecule has 2 fully saturated rings. The zero-order valence-corrected chi connectivity index (χ0v) is 23.1. The minimum absolute atomic E-state index is 0.0538. The van der Waals surface area contributed by atoms with Crippen LogP contribution in [0.4, 0.5) is 4.39 Å². The zero-order valence-electron chi connectivity index (χ0n) is 22.3. The van der Waals surface area contributed by atoms with Gasteiger partial charge in [-0.05, 0) is 48.4 Å². The number of amidine groups is 1. The van der Waals surface area contributed by atoms with Crippen LogP contribution in [-0.4, -0.2) is 66.6 Å².